The van der Waals surface area contributed by atoms with E-state index in [1.807, 2.05) is 0 Å². The summed E-state index contributed by atoms with van der Waals surface area (Å²) >= 11 is 7.19. The van der Waals surface area contributed by atoms with Crippen LogP contribution in [0.1, 0.15) is 5.37 Å². The molecular weight excluding hydrogens is 264 g/mol. The Bertz CT molecular complexity index is 563. The van der Waals surface area contributed by atoms with Crippen molar-refractivity contribution < 1.29 is 10.2 Å². The maximum atomic E-state index is 9.86. The zero-order chi connectivity index (χ0) is 12.0. The standard InChI is InChI=1S/C9H9ClN4O2S/c10-9-11-1-4-7(13-9)14(3-12-4)8-6(16)5(15)2-17-8/h1,3,5-6,8,15-16H,2H2/t5-,6-,8-/m1/s1. The normalized spacial score (nSPS) is 29.0. The molecule has 17 heavy (non-hydrogen) atoms. The largest absolute Gasteiger partial charge is 0.389 e. The Balaban J connectivity index is 2.08. The number of rotatable bonds is 1. The third-order valence-corrected chi connectivity index (χ3v) is 4.25. The van der Waals surface area contributed by atoms with E-state index in [-0.39, 0.29) is 10.7 Å². The molecule has 3 heterocycles. The van der Waals surface area contributed by atoms with Gasteiger partial charge in [-0.05, 0) is 11.6 Å². The van der Waals surface area contributed by atoms with E-state index in [4.69, 9.17) is 11.6 Å². The minimum atomic E-state index is -0.828. The number of aromatic nitrogens is 4. The first-order valence-electron chi connectivity index (χ1n) is 4.99. The lowest BCUT2D eigenvalue weighted by Gasteiger charge is -2.16. The van der Waals surface area contributed by atoms with Crippen LogP contribution in [0.15, 0.2) is 12.5 Å². The number of nitrogens with zero attached hydrogens (tertiary/aromatic N) is 4. The van der Waals surface area contributed by atoms with E-state index in [2.05, 4.69) is 15.0 Å². The van der Waals surface area contributed by atoms with E-state index in [0.717, 1.165) is 0 Å². The predicted octanol–water partition coefficient (Wildman–Crippen LogP) is 0.447. The summed E-state index contributed by atoms with van der Waals surface area (Å²) in [4.78, 5) is 12.1. The molecule has 0 aromatic carbocycles. The van der Waals surface area contributed by atoms with Gasteiger partial charge in [0, 0.05) is 5.75 Å². The first-order chi connectivity index (χ1) is 8.16. The molecule has 0 saturated carbocycles. The van der Waals surface area contributed by atoms with Crippen molar-refractivity contribution in [2.75, 3.05) is 5.75 Å². The molecule has 1 aliphatic rings. The Labute approximate surface area is 106 Å². The van der Waals surface area contributed by atoms with E-state index in [0.29, 0.717) is 16.9 Å². The molecule has 2 N–H and O–H groups in total. The van der Waals surface area contributed by atoms with E-state index >= 15 is 0 Å². The number of hydrogen-bond donors (Lipinski definition) is 2. The molecule has 1 aliphatic heterocycles. The maximum Gasteiger partial charge on any atom is 0.224 e. The lowest BCUT2D eigenvalue weighted by molar-refractivity contribution is 0.0313. The topological polar surface area (TPSA) is 84.1 Å². The fourth-order valence-corrected chi connectivity index (χ4v) is 3.24. The fraction of sp³-hybridized carbons (Fsp3) is 0.444. The van der Waals surface area contributed by atoms with Gasteiger partial charge in [0.25, 0.3) is 0 Å². The number of aliphatic hydroxyl groups excluding tert-OH is 2. The molecule has 8 heteroatoms. The molecule has 0 spiro atoms. The highest BCUT2D eigenvalue weighted by atomic mass is 35.5. The molecule has 0 unspecified atom stereocenters. The molecule has 3 rings (SSSR count). The second-order valence-corrected chi connectivity index (χ2v) is 5.27. The van der Waals surface area contributed by atoms with Gasteiger partial charge in [-0.25, -0.2) is 9.97 Å². The highest BCUT2D eigenvalue weighted by Crippen LogP contribution is 2.37. The van der Waals surface area contributed by atoms with Crippen molar-refractivity contribution >= 4 is 34.5 Å². The molecule has 6 nitrogen and oxygen atoms in total. The van der Waals surface area contributed by atoms with Crippen LogP contribution in [-0.2, 0) is 0 Å². The Morgan fingerprint density at radius 2 is 2.24 bits per heavy atom. The average molecular weight is 273 g/mol. The monoisotopic (exact) mass is 272 g/mol. The van der Waals surface area contributed by atoms with Gasteiger partial charge >= 0.3 is 0 Å². The third kappa shape index (κ3) is 1.79. The van der Waals surface area contributed by atoms with E-state index in [1.54, 1.807) is 10.9 Å². The van der Waals surface area contributed by atoms with Crippen LogP contribution in [-0.4, -0.2) is 47.7 Å². The van der Waals surface area contributed by atoms with Crippen molar-refractivity contribution in [1.29, 1.82) is 0 Å². The second kappa shape index (κ2) is 4.09. The molecular formula is C9H9ClN4O2S. The fourth-order valence-electron chi connectivity index (χ4n) is 1.82. The lowest BCUT2D eigenvalue weighted by Crippen LogP contribution is -2.27. The van der Waals surface area contributed by atoms with Gasteiger partial charge in [-0.15, -0.1) is 11.8 Å². The van der Waals surface area contributed by atoms with E-state index in [1.165, 1.54) is 18.0 Å². The summed E-state index contributed by atoms with van der Waals surface area (Å²) in [5, 5.41) is 19.2. The molecule has 0 amide bonds. The Kier molecular flexibility index (Phi) is 2.70. The van der Waals surface area contributed by atoms with Crippen molar-refractivity contribution in [2.24, 2.45) is 0 Å². The van der Waals surface area contributed by atoms with E-state index in [9.17, 15) is 10.2 Å². The first kappa shape index (κ1) is 11.2. The van der Waals surface area contributed by atoms with Crippen LogP contribution in [0, 0.1) is 0 Å². The Morgan fingerprint density at radius 1 is 1.41 bits per heavy atom. The Morgan fingerprint density at radius 3 is 2.94 bits per heavy atom. The highest BCUT2D eigenvalue weighted by molar-refractivity contribution is 7.99. The first-order valence-corrected chi connectivity index (χ1v) is 6.42. The van der Waals surface area contributed by atoms with Crippen LogP contribution in [0.3, 0.4) is 0 Å². The maximum absolute atomic E-state index is 9.86. The zero-order valence-corrected chi connectivity index (χ0v) is 10.1. The summed E-state index contributed by atoms with van der Waals surface area (Å²) in [5.41, 5.74) is 1.18. The van der Waals surface area contributed by atoms with E-state index < -0.39 is 12.2 Å². The molecule has 0 radical (unpaired) electrons. The molecule has 2 aromatic heterocycles. The van der Waals surface area contributed by atoms with Crippen LogP contribution in [0.25, 0.3) is 11.2 Å². The summed E-state index contributed by atoms with van der Waals surface area (Å²) in [5.74, 6) is 0.490. The molecule has 0 aliphatic carbocycles. The molecule has 3 atom stereocenters. The van der Waals surface area contributed by atoms with Gasteiger partial charge in [-0.2, -0.15) is 4.98 Å². The van der Waals surface area contributed by atoms with Crippen molar-refractivity contribution in [3.05, 3.63) is 17.8 Å². The van der Waals surface area contributed by atoms with Gasteiger partial charge in [0.1, 0.15) is 17.0 Å². The van der Waals surface area contributed by atoms with Crippen molar-refractivity contribution in [3.63, 3.8) is 0 Å². The number of aliphatic hydroxyl groups is 2. The summed E-state index contributed by atoms with van der Waals surface area (Å²) in [7, 11) is 0. The van der Waals surface area contributed by atoms with Crippen LogP contribution < -0.4 is 0 Å². The van der Waals surface area contributed by atoms with Gasteiger partial charge < -0.3 is 10.2 Å². The molecule has 90 valence electrons. The third-order valence-electron chi connectivity index (χ3n) is 2.68. The van der Waals surface area contributed by atoms with Gasteiger partial charge in [0.15, 0.2) is 5.65 Å². The molecule has 0 bridgehead atoms. The summed E-state index contributed by atoms with van der Waals surface area (Å²) in [6.45, 7) is 0. The minimum Gasteiger partial charge on any atom is -0.389 e. The highest BCUT2D eigenvalue weighted by Gasteiger charge is 2.36. The van der Waals surface area contributed by atoms with Crippen LogP contribution >= 0.6 is 23.4 Å². The number of imidazole rings is 1. The van der Waals surface area contributed by atoms with Crippen LogP contribution in [0.2, 0.25) is 5.28 Å². The van der Waals surface area contributed by atoms with Gasteiger partial charge in [0.05, 0.1) is 18.6 Å². The van der Waals surface area contributed by atoms with Crippen LogP contribution in [0.4, 0.5) is 0 Å². The van der Waals surface area contributed by atoms with Gasteiger partial charge in [-0.3, -0.25) is 4.57 Å². The van der Waals surface area contributed by atoms with Crippen molar-refractivity contribution in [2.45, 2.75) is 17.6 Å². The predicted molar refractivity (Wildman–Crippen MR) is 63.8 cm³/mol. The summed E-state index contributed by atoms with van der Waals surface area (Å²) < 4.78 is 1.72. The average Bonchev–Trinajstić information content (AvgIpc) is 2.84. The number of fused-ring (bicyclic) bond motifs is 1. The van der Waals surface area contributed by atoms with Crippen LogP contribution in [0.5, 0.6) is 0 Å². The zero-order valence-electron chi connectivity index (χ0n) is 8.56. The number of halogens is 1. The molecule has 1 saturated heterocycles. The lowest BCUT2D eigenvalue weighted by atomic mass is 10.2. The second-order valence-electron chi connectivity index (χ2n) is 3.78. The number of hydrogen-bond acceptors (Lipinski definition) is 6. The SMILES string of the molecule is O[C@@H]1[C@H](O)CS[C@H]1n1cnc2cnc(Cl)nc21. The molecule has 1 fully saturated rings. The summed E-state index contributed by atoms with van der Waals surface area (Å²) in [6, 6.07) is 0. The quantitative estimate of drug-likeness (QED) is 0.733. The number of thioether (sulfide) groups is 1. The smallest absolute Gasteiger partial charge is 0.224 e. The van der Waals surface area contributed by atoms with Crippen molar-refractivity contribution in [3.8, 4) is 0 Å². The van der Waals surface area contributed by atoms with Crippen molar-refractivity contribution in [1.82, 2.24) is 19.5 Å². The molecule has 2 aromatic rings. The Hall–Kier alpha value is -0.890. The van der Waals surface area contributed by atoms with Gasteiger partial charge in [0.2, 0.25) is 5.28 Å². The minimum absolute atomic E-state index is 0.136. The summed E-state index contributed by atoms with van der Waals surface area (Å²) in [6.07, 6.45) is 1.56. The van der Waals surface area contributed by atoms with Gasteiger partial charge in [-0.1, -0.05) is 0 Å².